The topological polar surface area (TPSA) is 95.9 Å². The van der Waals surface area contributed by atoms with Crippen molar-refractivity contribution < 1.29 is 24.2 Å². The van der Waals surface area contributed by atoms with Crippen LogP contribution in [0, 0.1) is 5.41 Å². The minimum Gasteiger partial charge on any atom is -0.481 e. The first-order chi connectivity index (χ1) is 9.30. The minimum atomic E-state index is -0.836. The second-order valence-corrected chi connectivity index (χ2v) is 5.28. The molecular formula is C13H22N2O5. The summed E-state index contributed by atoms with van der Waals surface area (Å²) in [5.74, 6) is -1.31. The van der Waals surface area contributed by atoms with Crippen LogP contribution in [-0.4, -0.2) is 53.7 Å². The van der Waals surface area contributed by atoms with Crippen molar-refractivity contribution in [3.05, 3.63) is 0 Å². The Bertz CT molecular complexity index is 388. The Morgan fingerprint density at radius 1 is 1.35 bits per heavy atom. The average Bonchev–Trinajstić information content (AvgIpc) is 2.39. The molecule has 1 saturated heterocycles. The van der Waals surface area contributed by atoms with Crippen molar-refractivity contribution >= 4 is 18.0 Å². The van der Waals surface area contributed by atoms with Crippen molar-refractivity contribution in [3.8, 4) is 0 Å². The highest BCUT2D eigenvalue weighted by Gasteiger charge is 2.38. The number of nitrogens with one attached hydrogen (secondary N) is 1. The van der Waals surface area contributed by atoms with E-state index in [4.69, 9.17) is 9.84 Å². The fourth-order valence-electron chi connectivity index (χ4n) is 2.02. The van der Waals surface area contributed by atoms with Gasteiger partial charge in [-0.05, 0) is 33.6 Å². The molecule has 0 saturated carbocycles. The van der Waals surface area contributed by atoms with Gasteiger partial charge in [0.2, 0.25) is 0 Å². The molecule has 1 aliphatic heterocycles. The first-order valence-corrected chi connectivity index (χ1v) is 6.75. The van der Waals surface area contributed by atoms with Gasteiger partial charge in [-0.3, -0.25) is 4.79 Å². The maximum atomic E-state index is 12.0. The molecule has 0 bridgehead atoms. The number of ether oxygens (including phenoxy) is 1. The van der Waals surface area contributed by atoms with Gasteiger partial charge in [-0.25, -0.2) is 9.59 Å². The molecule has 20 heavy (non-hydrogen) atoms. The van der Waals surface area contributed by atoms with E-state index < -0.39 is 23.4 Å². The second kappa shape index (κ2) is 6.58. The number of aliphatic carboxylic acids is 1. The molecule has 0 aromatic carbocycles. The van der Waals surface area contributed by atoms with E-state index in [1.165, 1.54) is 4.90 Å². The first-order valence-electron chi connectivity index (χ1n) is 6.75. The highest BCUT2D eigenvalue weighted by Crippen LogP contribution is 2.30. The van der Waals surface area contributed by atoms with E-state index in [9.17, 15) is 14.4 Å². The lowest BCUT2D eigenvalue weighted by atomic mass is 9.80. The summed E-state index contributed by atoms with van der Waals surface area (Å²) < 4.78 is 4.81. The monoisotopic (exact) mass is 286 g/mol. The molecule has 1 atom stereocenters. The maximum Gasteiger partial charge on any atom is 0.328 e. The molecular weight excluding hydrogens is 264 g/mol. The summed E-state index contributed by atoms with van der Waals surface area (Å²) in [6.45, 7) is 5.94. The largest absolute Gasteiger partial charge is 0.481 e. The maximum absolute atomic E-state index is 12.0. The van der Waals surface area contributed by atoms with Crippen LogP contribution < -0.4 is 5.32 Å². The molecule has 1 aliphatic rings. The molecule has 7 nitrogen and oxygen atoms in total. The number of piperidine rings is 1. The van der Waals surface area contributed by atoms with Crippen LogP contribution in [0.25, 0.3) is 0 Å². The average molecular weight is 286 g/mol. The lowest BCUT2D eigenvalue weighted by molar-refractivity contribution is -0.150. The predicted octanol–water partition coefficient (Wildman–Crippen LogP) is 0.834. The summed E-state index contributed by atoms with van der Waals surface area (Å²) in [6.07, 6.45) is 0.813. The standard InChI is InChI=1S/C13H22N2O5/c1-4-20-10(16)9(2)14-12(19)15-7-5-13(3,6-8-15)11(17)18/h9H,4-8H2,1-3H3,(H,14,19)(H,17,18). The van der Waals surface area contributed by atoms with Gasteiger partial charge >= 0.3 is 18.0 Å². The zero-order valence-electron chi connectivity index (χ0n) is 12.1. The Hall–Kier alpha value is -1.79. The van der Waals surface area contributed by atoms with Crippen LogP contribution in [0.4, 0.5) is 4.79 Å². The number of hydrogen-bond acceptors (Lipinski definition) is 4. The minimum absolute atomic E-state index is 0.264. The van der Waals surface area contributed by atoms with Gasteiger partial charge in [0, 0.05) is 13.1 Å². The zero-order valence-corrected chi connectivity index (χ0v) is 12.1. The van der Waals surface area contributed by atoms with Crippen LogP contribution in [0.1, 0.15) is 33.6 Å². The second-order valence-electron chi connectivity index (χ2n) is 5.28. The van der Waals surface area contributed by atoms with E-state index in [1.54, 1.807) is 20.8 Å². The molecule has 1 unspecified atom stereocenters. The van der Waals surface area contributed by atoms with Crippen molar-refractivity contribution in [2.24, 2.45) is 5.41 Å². The number of rotatable bonds is 4. The Morgan fingerprint density at radius 3 is 2.35 bits per heavy atom. The van der Waals surface area contributed by atoms with Crippen molar-refractivity contribution in [3.63, 3.8) is 0 Å². The molecule has 2 amide bonds. The SMILES string of the molecule is CCOC(=O)C(C)NC(=O)N1CCC(C)(C(=O)O)CC1. The van der Waals surface area contributed by atoms with Gasteiger partial charge in [0.15, 0.2) is 0 Å². The van der Waals surface area contributed by atoms with E-state index >= 15 is 0 Å². The normalized spacial score (nSPS) is 19.1. The summed E-state index contributed by atoms with van der Waals surface area (Å²) in [4.78, 5) is 36.0. The smallest absolute Gasteiger partial charge is 0.328 e. The number of urea groups is 1. The van der Waals surface area contributed by atoms with Crippen LogP contribution in [0.15, 0.2) is 0 Å². The molecule has 114 valence electrons. The van der Waals surface area contributed by atoms with Crippen molar-refractivity contribution in [2.45, 2.75) is 39.7 Å². The summed E-state index contributed by atoms with van der Waals surface area (Å²) in [5.41, 5.74) is -0.774. The number of likely N-dealkylation sites (tertiary alicyclic amines) is 1. The number of amides is 2. The molecule has 0 radical (unpaired) electrons. The zero-order chi connectivity index (χ0) is 15.3. The van der Waals surface area contributed by atoms with E-state index in [-0.39, 0.29) is 12.6 Å². The number of esters is 1. The number of hydrogen-bond donors (Lipinski definition) is 2. The number of carboxylic acids is 1. The van der Waals surface area contributed by atoms with Crippen LogP contribution in [0.3, 0.4) is 0 Å². The summed E-state index contributed by atoms with van der Waals surface area (Å²) >= 11 is 0. The Labute approximate surface area is 118 Å². The number of nitrogens with zero attached hydrogens (tertiary/aromatic N) is 1. The van der Waals surface area contributed by atoms with Gasteiger partial charge in [-0.2, -0.15) is 0 Å². The third kappa shape index (κ3) is 3.85. The van der Waals surface area contributed by atoms with Crippen LogP contribution in [-0.2, 0) is 14.3 Å². The molecule has 1 heterocycles. The molecule has 2 N–H and O–H groups in total. The lowest BCUT2D eigenvalue weighted by Gasteiger charge is -2.36. The van der Waals surface area contributed by atoms with Crippen molar-refractivity contribution in [1.29, 1.82) is 0 Å². The van der Waals surface area contributed by atoms with Gasteiger partial charge in [-0.15, -0.1) is 0 Å². The third-order valence-electron chi connectivity index (χ3n) is 3.65. The summed E-state index contributed by atoms with van der Waals surface area (Å²) in [7, 11) is 0. The van der Waals surface area contributed by atoms with E-state index in [0.717, 1.165) is 0 Å². The third-order valence-corrected chi connectivity index (χ3v) is 3.65. The number of carbonyl (C=O) groups excluding carboxylic acids is 2. The molecule has 0 spiro atoms. The predicted molar refractivity (Wildman–Crippen MR) is 71.2 cm³/mol. The van der Waals surface area contributed by atoms with Crippen molar-refractivity contribution in [1.82, 2.24) is 10.2 Å². The molecule has 0 aliphatic carbocycles. The van der Waals surface area contributed by atoms with E-state index in [1.807, 2.05) is 0 Å². The Morgan fingerprint density at radius 2 is 1.90 bits per heavy atom. The van der Waals surface area contributed by atoms with Crippen LogP contribution in [0.5, 0.6) is 0 Å². The number of carbonyl (C=O) groups is 3. The van der Waals surface area contributed by atoms with Gasteiger partial charge in [0.25, 0.3) is 0 Å². The van der Waals surface area contributed by atoms with Crippen LogP contribution in [0.2, 0.25) is 0 Å². The molecule has 7 heteroatoms. The Balaban J connectivity index is 2.47. The molecule has 1 fully saturated rings. The fourth-order valence-corrected chi connectivity index (χ4v) is 2.02. The molecule has 1 rings (SSSR count). The van der Waals surface area contributed by atoms with Crippen molar-refractivity contribution in [2.75, 3.05) is 19.7 Å². The molecule has 0 aromatic rings. The molecule has 0 aromatic heterocycles. The highest BCUT2D eigenvalue weighted by atomic mass is 16.5. The van der Waals surface area contributed by atoms with Crippen LogP contribution >= 0.6 is 0 Å². The number of carboxylic acid groups (broad SMARTS) is 1. The Kier molecular flexibility index (Phi) is 5.35. The van der Waals surface area contributed by atoms with E-state index in [0.29, 0.717) is 25.9 Å². The quantitative estimate of drug-likeness (QED) is 0.746. The summed E-state index contributed by atoms with van der Waals surface area (Å²) in [6, 6.07) is -1.08. The highest BCUT2D eigenvalue weighted by molar-refractivity contribution is 5.83. The first kappa shape index (κ1) is 16.3. The fraction of sp³-hybridized carbons (Fsp3) is 0.769. The van der Waals surface area contributed by atoms with Gasteiger partial charge < -0.3 is 20.1 Å². The lowest BCUT2D eigenvalue weighted by Crippen LogP contribution is -2.51. The summed E-state index contributed by atoms with van der Waals surface area (Å²) in [5, 5.41) is 11.7. The van der Waals surface area contributed by atoms with E-state index in [2.05, 4.69) is 5.32 Å². The van der Waals surface area contributed by atoms with Gasteiger partial charge in [0.05, 0.1) is 12.0 Å². The van der Waals surface area contributed by atoms with Gasteiger partial charge in [-0.1, -0.05) is 0 Å². The van der Waals surface area contributed by atoms with Gasteiger partial charge in [0.1, 0.15) is 6.04 Å².